The molecule has 1 N–H and O–H groups in total. The van der Waals surface area contributed by atoms with E-state index < -0.39 is 8.32 Å². The van der Waals surface area contributed by atoms with E-state index in [-0.39, 0.29) is 0 Å². The Morgan fingerprint density at radius 3 is 2.28 bits per heavy atom. The van der Waals surface area contributed by atoms with Gasteiger partial charge >= 0.3 is 0 Å². The lowest BCUT2D eigenvalue weighted by Crippen LogP contribution is -2.64. The van der Waals surface area contributed by atoms with Crippen molar-refractivity contribution in [2.75, 3.05) is 6.61 Å². The van der Waals surface area contributed by atoms with Crippen LogP contribution in [0.5, 0.6) is 0 Å². The summed E-state index contributed by atoms with van der Waals surface area (Å²) in [5.41, 5.74) is 0.848. The maximum absolute atomic E-state index is 10.1. The SMILES string of the molecule is CC[C@H]1[C@@H](O[Si](C)(C)C)[C@@H]2[C@H](C[C@H](C)[C@]3(C)[C@@H]([C@H](C)CO)CC[C@@H]23)[C@@]2(C)CC[C@@H](C)C[C@@H]12. The topological polar surface area (TPSA) is 29.5 Å². The zero-order chi connectivity index (χ0) is 23.6. The fraction of sp³-hybridized carbons (Fsp3) is 1.00. The number of rotatable bonds is 5. The van der Waals surface area contributed by atoms with Crippen molar-refractivity contribution in [1.29, 1.82) is 0 Å². The van der Waals surface area contributed by atoms with Gasteiger partial charge in [0.05, 0.1) is 6.10 Å². The van der Waals surface area contributed by atoms with Crippen LogP contribution in [0.2, 0.25) is 19.6 Å². The summed E-state index contributed by atoms with van der Waals surface area (Å²) in [6.45, 7) is 22.8. The molecule has 0 bridgehead atoms. The molecule has 3 heteroatoms. The maximum Gasteiger partial charge on any atom is 0.184 e. The first-order valence-electron chi connectivity index (χ1n) is 14.2. The maximum atomic E-state index is 10.1. The normalized spacial score (nSPS) is 52.1. The second kappa shape index (κ2) is 8.66. The van der Waals surface area contributed by atoms with Crippen molar-refractivity contribution in [3.8, 4) is 0 Å². The summed E-state index contributed by atoms with van der Waals surface area (Å²) in [6, 6.07) is 0. The van der Waals surface area contributed by atoms with E-state index in [0.717, 1.165) is 41.4 Å². The van der Waals surface area contributed by atoms with Crippen LogP contribution in [-0.4, -0.2) is 26.1 Å². The quantitative estimate of drug-likeness (QED) is 0.426. The minimum atomic E-state index is -1.65. The number of fused-ring (bicyclic) bond motifs is 5. The van der Waals surface area contributed by atoms with Gasteiger partial charge in [0.15, 0.2) is 8.32 Å². The zero-order valence-corrected chi connectivity index (χ0v) is 23.8. The van der Waals surface area contributed by atoms with Crippen LogP contribution in [0.15, 0.2) is 0 Å². The first kappa shape index (κ1) is 25.2. The average Bonchev–Trinajstić information content (AvgIpc) is 3.07. The highest BCUT2D eigenvalue weighted by Gasteiger charge is 2.67. The third-order valence-electron chi connectivity index (χ3n) is 11.8. The van der Waals surface area contributed by atoms with E-state index in [1.54, 1.807) is 0 Å². The molecule has 2 nitrogen and oxygen atoms in total. The highest BCUT2D eigenvalue weighted by Crippen LogP contribution is 2.71. The van der Waals surface area contributed by atoms with Gasteiger partial charge in [0.25, 0.3) is 0 Å². The van der Waals surface area contributed by atoms with E-state index >= 15 is 0 Å². The first-order chi connectivity index (χ1) is 14.9. The van der Waals surface area contributed by atoms with Gasteiger partial charge in [-0.25, -0.2) is 0 Å². The van der Waals surface area contributed by atoms with Gasteiger partial charge in [0.2, 0.25) is 0 Å². The fourth-order valence-electron chi connectivity index (χ4n) is 10.2. The Balaban J connectivity index is 1.81. The Labute approximate surface area is 200 Å². The molecule has 0 aromatic carbocycles. The Bertz CT molecular complexity index is 673. The molecule has 4 aliphatic carbocycles. The third-order valence-corrected chi connectivity index (χ3v) is 12.7. The van der Waals surface area contributed by atoms with E-state index in [1.807, 2.05) is 0 Å². The summed E-state index contributed by atoms with van der Waals surface area (Å²) in [5.74, 6) is 6.58. The van der Waals surface area contributed by atoms with Gasteiger partial charge < -0.3 is 9.53 Å². The second-order valence-electron chi connectivity index (χ2n) is 14.4. The van der Waals surface area contributed by atoms with E-state index in [2.05, 4.69) is 61.2 Å². The van der Waals surface area contributed by atoms with E-state index in [9.17, 15) is 5.11 Å². The molecule has 186 valence electrons. The van der Waals surface area contributed by atoms with Crippen molar-refractivity contribution in [3.63, 3.8) is 0 Å². The van der Waals surface area contributed by atoms with Crippen molar-refractivity contribution in [1.82, 2.24) is 0 Å². The summed E-state index contributed by atoms with van der Waals surface area (Å²) in [4.78, 5) is 0. The Morgan fingerprint density at radius 1 is 1.00 bits per heavy atom. The molecule has 0 amide bonds. The van der Waals surface area contributed by atoms with Gasteiger partial charge in [-0.15, -0.1) is 0 Å². The van der Waals surface area contributed by atoms with Crippen LogP contribution in [0.1, 0.15) is 86.5 Å². The van der Waals surface area contributed by atoms with Gasteiger partial charge in [0.1, 0.15) is 0 Å². The Morgan fingerprint density at radius 2 is 1.69 bits per heavy atom. The molecule has 0 aromatic rings. The van der Waals surface area contributed by atoms with Crippen molar-refractivity contribution in [2.45, 2.75) is 112 Å². The van der Waals surface area contributed by atoms with Crippen LogP contribution in [0.4, 0.5) is 0 Å². The molecule has 0 aromatic heterocycles. The first-order valence-corrected chi connectivity index (χ1v) is 17.6. The number of aliphatic hydroxyl groups is 1. The molecule has 0 unspecified atom stereocenters. The minimum Gasteiger partial charge on any atom is -0.414 e. The molecule has 12 atom stereocenters. The lowest BCUT2D eigenvalue weighted by molar-refractivity contribution is -0.207. The Hall–Kier alpha value is 0.137. The summed E-state index contributed by atoms with van der Waals surface area (Å²) in [7, 11) is -1.65. The van der Waals surface area contributed by atoms with Crippen LogP contribution in [0.25, 0.3) is 0 Å². The van der Waals surface area contributed by atoms with Gasteiger partial charge in [-0.1, -0.05) is 54.4 Å². The predicted octanol–water partition coefficient (Wildman–Crippen LogP) is 7.62. The average molecular weight is 463 g/mol. The summed E-state index contributed by atoms with van der Waals surface area (Å²) in [5, 5.41) is 10.1. The minimum absolute atomic E-state index is 0.345. The van der Waals surface area contributed by atoms with Crippen LogP contribution in [0.3, 0.4) is 0 Å². The lowest BCUT2D eigenvalue weighted by Gasteiger charge is -2.67. The number of aliphatic hydroxyl groups excluding tert-OH is 1. The van der Waals surface area contributed by atoms with Crippen molar-refractivity contribution in [3.05, 3.63) is 0 Å². The van der Waals surface area contributed by atoms with Crippen LogP contribution >= 0.6 is 0 Å². The van der Waals surface area contributed by atoms with Crippen molar-refractivity contribution in [2.24, 2.45) is 64.1 Å². The van der Waals surface area contributed by atoms with Crippen molar-refractivity contribution < 1.29 is 9.53 Å². The van der Waals surface area contributed by atoms with E-state index in [1.165, 1.54) is 44.9 Å². The monoisotopic (exact) mass is 462 g/mol. The molecule has 0 radical (unpaired) electrons. The molecule has 4 saturated carbocycles. The van der Waals surface area contributed by atoms with Gasteiger partial charge in [-0.3, -0.25) is 0 Å². The highest BCUT2D eigenvalue weighted by molar-refractivity contribution is 6.69. The van der Waals surface area contributed by atoms with Crippen molar-refractivity contribution >= 4 is 8.32 Å². The van der Waals surface area contributed by atoms with E-state index in [4.69, 9.17) is 4.43 Å². The predicted molar refractivity (Wildman–Crippen MR) is 138 cm³/mol. The van der Waals surface area contributed by atoms with Crippen LogP contribution < -0.4 is 0 Å². The highest BCUT2D eigenvalue weighted by atomic mass is 28.4. The standard InChI is InChI=1S/C29H54O2Si/c1-10-21-24-15-18(2)13-14-28(24,5)25-16-20(4)29(6)22(19(3)17-30)11-12-23(29)26(25)27(21)31-32(7,8)9/h18-27,30H,10-17H2,1-9H3/t18-,19-,20+,21-,22-,23+,24+,25+,26+,27-,28+,29-/m1/s1. The molecule has 32 heavy (non-hydrogen) atoms. The molecular formula is C29H54O2Si. The number of hydrogen-bond donors (Lipinski definition) is 1. The van der Waals surface area contributed by atoms with Crippen LogP contribution in [0, 0.1) is 64.1 Å². The van der Waals surface area contributed by atoms with Crippen LogP contribution in [-0.2, 0) is 4.43 Å². The third kappa shape index (κ3) is 3.79. The summed E-state index contributed by atoms with van der Waals surface area (Å²) in [6.07, 6.45) is 10.1. The second-order valence-corrected chi connectivity index (χ2v) is 18.9. The largest absolute Gasteiger partial charge is 0.414 e. The molecule has 4 fully saturated rings. The lowest BCUT2D eigenvalue weighted by atomic mass is 9.39. The molecule has 4 aliphatic rings. The van der Waals surface area contributed by atoms with Gasteiger partial charge in [-0.2, -0.15) is 0 Å². The molecule has 4 rings (SSSR count). The van der Waals surface area contributed by atoms with Gasteiger partial charge in [-0.05, 0) is 116 Å². The smallest absolute Gasteiger partial charge is 0.184 e. The van der Waals surface area contributed by atoms with E-state index in [0.29, 0.717) is 35.4 Å². The molecule has 0 heterocycles. The molecule has 0 aliphatic heterocycles. The Kier molecular flexibility index (Phi) is 6.83. The molecule has 0 saturated heterocycles. The number of hydrogen-bond acceptors (Lipinski definition) is 2. The zero-order valence-electron chi connectivity index (χ0n) is 22.8. The summed E-state index contributed by atoms with van der Waals surface area (Å²) < 4.78 is 7.28. The molecular weight excluding hydrogens is 408 g/mol. The fourth-order valence-corrected chi connectivity index (χ4v) is 11.3. The summed E-state index contributed by atoms with van der Waals surface area (Å²) >= 11 is 0. The molecule has 0 spiro atoms. The van der Waals surface area contributed by atoms with Gasteiger partial charge in [0, 0.05) is 6.61 Å².